The van der Waals surface area contributed by atoms with Gasteiger partial charge in [0.25, 0.3) is 0 Å². The number of likely N-dealkylation sites (tertiary alicyclic amines) is 1. The minimum atomic E-state index is 0.385. The van der Waals surface area contributed by atoms with Gasteiger partial charge in [-0.25, -0.2) is 0 Å². The van der Waals surface area contributed by atoms with Gasteiger partial charge in [-0.2, -0.15) is 0 Å². The van der Waals surface area contributed by atoms with E-state index >= 15 is 0 Å². The summed E-state index contributed by atoms with van der Waals surface area (Å²) in [6.07, 6.45) is 3.59. The Labute approximate surface area is 183 Å². The van der Waals surface area contributed by atoms with E-state index in [0.29, 0.717) is 12.1 Å². The van der Waals surface area contributed by atoms with Crippen molar-refractivity contribution in [2.75, 3.05) is 53.0 Å². The summed E-state index contributed by atoms with van der Waals surface area (Å²) >= 11 is 0. The van der Waals surface area contributed by atoms with Crippen molar-refractivity contribution < 1.29 is 4.74 Å². The number of piperidine rings is 1. The zero-order valence-electron chi connectivity index (χ0n) is 19.1. The molecule has 6 nitrogen and oxygen atoms in total. The van der Waals surface area contributed by atoms with E-state index in [1.807, 2.05) is 0 Å². The van der Waals surface area contributed by atoms with Crippen molar-refractivity contribution in [3.63, 3.8) is 0 Å². The quantitative estimate of drug-likeness (QED) is 0.480. The van der Waals surface area contributed by atoms with Crippen LogP contribution in [0, 0.1) is 5.92 Å². The van der Waals surface area contributed by atoms with E-state index in [9.17, 15) is 0 Å². The third-order valence-corrected chi connectivity index (χ3v) is 6.35. The van der Waals surface area contributed by atoms with Crippen LogP contribution in [0.4, 0.5) is 0 Å². The average Bonchev–Trinajstić information content (AvgIpc) is 3.27. The topological polar surface area (TPSA) is 52.1 Å². The Balaban J connectivity index is 1.42. The summed E-state index contributed by atoms with van der Waals surface area (Å²) in [7, 11) is 2.18. The van der Waals surface area contributed by atoms with Crippen LogP contribution in [-0.4, -0.2) is 80.8 Å². The Bertz CT molecular complexity index is 624. The lowest BCUT2D eigenvalue weighted by atomic mass is 10.0. The molecule has 1 aromatic rings. The number of hydrogen-bond acceptors (Lipinski definition) is 4. The number of aliphatic imine (C=N–C) groups is 1. The highest BCUT2D eigenvalue weighted by Crippen LogP contribution is 2.17. The molecule has 2 heterocycles. The van der Waals surface area contributed by atoms with Gasteiger partial charge in [-0.05, 0) is 51.6 Å². The SMILES string of the molecule is CCNC(=NCC(C)N(C)Cc1ccccc1)NC1CCN(CC2CCOC2)CC1. The molecule has 0 aromatic heterocycles. The van der Waals surface area contributed by atoms with Crippen LogP contribution in [0.2, 0.25) is 0 Å². The minimum absolute atomic E-state index is 0.385. The second-order valence-electron chi connectivity index (χ2n) is 8.92. The van der Waals surface area contributed by atoms with Gasteiger partial charge in [-0.15, -0.1) is 0 Å². The molecular weight excluding hydrogens is 374 g/mol. The monoisotopic (exact) mass is 415 g/mol. The van der Waals surface area contributed by atoms with Crippen molar-refractivity contribution in [2.45, 2.75) is 51.7 Å². The summed E-state index contributed by atoms with van der Waals surface area (Å²) in [4.78, 5) is 9.88. The molecule has 0 spiro atoms. The van der Waals surface area contributed by atoms with Gasteiger partial charge in [0.15, 0.2) is 5.96 Å². The molecule has 6 heteroatoms. The summed E-state index contributed by atoms with van der Waals surface area (Å²) in [5, 5.41) is 7.12. The number of benzene rings is 1. The van der Waals surface area contributed by atoms with E-state index in [1.54, 1.807) is 0 Å². The number of hydrogen-bond donors (Lipinski definition) is 2. The van der Waals surface area contributed by atoms with Gasteiger partial charge in [-0.1, -0.05) is 30.3 Å². The molecule has 2 aliphatic heterocycles. The molecule has 0 saturated carbocycles. The van der Waals surface area contributed by atoms with Crippen LogP contribution >= 0.6 is 0 Å². The van der Waals surface area contributed by atoms with Gasteiger partial charge in [0, 0.05) is 51.4 Å². The normalized spacial score (nSPS) is 22.4. The molecule has 0 radical (unpaired) electrons. The number of likely N-dealkylation sites (N-methyl/N-ethyl adjacent to an activating group) is 1. The number of ether oxygens (including phenoxy) is 1. The van der Waals surface area contributed by atoms with Crippen molar-refractivity contribution >= 4 is 5.96 Å². The molecule has 168 valence electrons. The van der Waals surface area contributed by atoms with Crippen molar-refractivity contribution in [3.8, 4) is 0 Å². The zero-order chi connectivity index (χ0) is 21.2. The molecule has 2 atom stereocenters. The molecule has 0 amide bonds. The third-order valence-electron chi connectivity index (χ3n) is 6.35. The van der Waals surface area contributed by atoms with E-state index in [0.717, 1.165) is 44.7 Å². The molecule has 3 rings (SSSR count). The fourth-order valence-electron chi connectivity index (χ4n) is 4.26. The number of guanidine groups is 1. The smallest absolute Gasteiger partial charge is 0.191 e. The van der Waals surface area contributed by atoms with Crippen LogP contribution in [0.5, 0.6) is 0 Å². The van der Waals surface area contributed by atoms with Crippen LogP contribution in [0.15, 0.2) is 35.3 Å². The highest BCUT2D eigenvalue weighted by atomic mass is 16.5. The van der Waals surface area contributed by atoms with Gasteiger partial charge in [0.1, 0.15) is 0 Å². The Kier molecular flexibility index (Phi) is 9.43. The molecule has 1 aromatic carbocycles. The van der Waals surface area contributed by atoms with E-state index in [2.05, 4.69) is 71.7 Å². The lowest BCUT2D eigenvalue weighted by molar-refractivity contribution is 0.150. The summed E-state index contributed by atoms with van der Waals surface area (Å²) in [6.45, 7) is 12.5. The fourth-order valence-corrected chi connectivity index (χ4v) is 4.26. The van der Waals surface area contributed by atoms with Crippen molar-refractivity contribution in [3.05, 3.63) is 35.9 Å². The first-order valence-electron chi connectivity index (χ1n) is 11.7. The van der Waals surface area contributed by atoms with E-state index in [-0.39, 0.29) is 0 Å². The first-order chi connectivity index (χ1) is 14.6. The Morgan fingerprint density at radius 2 is 2.00 bits per heavy atom. The van der Waals surface area contributed by atoms with Gasteiger partial charge < -0.3 is 20.3 Å². The highest BCUT2D eigenvalue weighted by Gasteiger charge is 2.24. The lowest BCUT2D eigenvalue weighted by Gasteiger charge is -2.34. The molecular formula is C24H41N5O. The Morgan fingerprint density at radius 3 is 2.67 bits per heavy atom. The molecule has 0 aliphatic carbocycles. The molecule has 2 unspecified atom stereocenters. The summed E-state index contributed by atoms with van der Waals surface area (Å²) in [5.74, 6) is 1.70. The number of nitrogens with zero attached hydrogens (tertiary/aromatic N) is 3. The number of nitrogens with one attached hydrogen (secondary N) is 2. The standard InChI is InChI=1S/C24H41N5O/c1-4-25-24(26-16-20(2)28(3)17-21-8-6-5-7-9-21)27-23-10-13-29(14-11-23)18-22-12-15-30-19-22/h5-9,20,22-23H,4,10-19H2,1-3H3,(H2,25,26,27). The summed E-state index contributed by atoms with van der Waals surface area (Å²) < 4.78 is 5.53. The maximum atomic E-state index is 5.53. The average molecular weight is 416 g/mol. The maximum absolute atomic E-state index is 5.53. The minimum Gasteiger partial charge on any atom is -0.381 e. The first kappa shape index (κ1) is 23.0. The second-order valence-corrected chi connectivity index (χ2v) is 8.92. The van der Waals surface area contributed by atoms with Crippen LogP contribution in [0.1, 0.15) is 38.7 Å². The van der Waals surface area contributed by atoms with Gasteiger partial charge in [0.2, 0.25) is 0 Å². The molecule has 2 N–H and O–H groups in total. The Hall–Kier alpha value is -1.63. The van der Waals surface area contributed by atoms with E-state index < -0.39 is 0 Å². The Morgan fingerprint density at radius 1 is 1.23 bits per heavy atom. The van der Waals surface area contributed by atoms with E-state index in [4.69, 9.17) is 9.73 Å². The molecule has 2 aliphatic rings. The summed E-state index contributed by atoms with van der Waals surface area (Å²) in [6, 6.07) is 11.5. The largest absolute Gasteiger partial charge is 0.381 e. The molecule has 30 heavy (non-hydrogen) atoms. The van der Waals surface area contributed by atoms with Crippen molar-refractivity contribution in [1.82, 2.24) is 20.4 Å². The van der Waals surface area contributed by atoms with Crippen molar-refractivity contribution in [2.24, 2.45) is 10.9 Å². The third kappa shape index (κ3) is 7.56. The van der Waals surface area contributed by atoms with Crippen LogP contribution in [0.25, 0.3) is 0 Å². The zero-order valence-corrected chi connectivity index (χ0v) is 19.1. The van der Waals surface area contributed by atoms with Crippen LogP contribution in [0.3, 0.4) is 0 Å². The van der Waals surface area contributed by atoms with Gasteiger partial charge in [-0.3, -0.25) is 9.89 Å². The molecule has 2 saturated heterocycles. The summed E-state index contributed by atoms with van der Waals surface area (Å²) in [5.41, 5.74) is 1.34. The van der Waals surface area contributed by atoms with Crippen LogP contribution in [-0.2, 0) is 11.3 Å². The number of rotatable bonds is 9. The predicted molar refractivity (Wildman–Crippen MR) is 125 cm³/mol. The highest BCUT2D eigenvalue weighted by molar-refractivity contribution is 5.80. The van der Waals surface area contributed by atoms with Crippen LogP contribution < -0.4 is 10.6 Å². The second kappa shape index (κ2) is 12.3. The fraction of sp³-hybridized carbons (Fsp3) is 0.708. The first-order valence-corrected chi connectivity index (χ1v) is 11.7. The molecule has 0 bridgehead atoms. The van der Waals surface area contributed by atoms with Crippen molar-refractivity contribution in [1.29, 1.82) is 0 Å². The van der Waals surface area contributed by atoms with E-state index in [1.165, 1.54) is 44.5 Å². The van der Waals surface area contributed by atoms with Gasteiger partial charge in [0.05, 0.1) is 13.2 Å². The predicted octanol–water partition coefficient (Wildman–Crippen LogP) is 2.56. The van der Waals surface area contributed by atoms with Gasteiger partial charge >= 0.3 is 0 Å². The molecule has 2 fully saturated rings. The maximum Gasteiger partial charge on any atom is 0.191 e. The lowest BCUT2D eigenvalue weighted by Crippen LogP contribution is -2.49.